The number of carbonyl (C=O) groups is 1. The van der Waals surface area contributed by atoms with Crippen LogP contribution in [0.5, 0.6) is 0 Å². The average Bonchev–Trinajstić information content (AvgIpc) is 2.84. The van der Waals surface area contributed by atoms with Gasteiger partial charge in [-0.05, 0) is 51.0 Å². The van der Waals surface area contributed by atoms with Crippen molar-refractivity contribution in [1.29, 1.82) is 0 Å². The molecule has 0 saturated carbocycles. The van der Waals surface area contributed by atoms with Crippen molar-refractivity contribution >= 4 is 17.3 Å². The Morgan fingerprint density at radius 3 is 2.18 bits per heavy atom. The minimum Gasteiger partial charge on any atom is -0.376 e. The van der Waals surface area contributed by atoms with Gasteiger partial charge in [0.1, 0.15) is 0 Å². The second-order valence-corrected chi connectivity index (χ2v) is 5.87. The van der Waals surface area contributed by atoms with E-state index in [1.54, 1.807) is 0 Å². The average molecular weight is 303 g/mol. The van der Waals surface area contributed by atoms with E-state index in [-0.39, 0.29) is 5.91 Å². The Hall–Kier alpha value is -1.71. The van der Waals surface area contributed by atoms with Gasteiger partial charge in [-0.15, -0.1) is 0 Å². The Morgan fingerprint density at radius 1 is 1.05 bits per heavy atom. The second kappa shape index (κ2) is 8.66. The number of hydrogen-bond acceptors (Lipinski definition) is 3. The predicted octanol–water partition coefficient (Wildman–Crippen LogP) is 3.35. The first-order chi connectivity index (χ1) is 10.7. The Kier molecular flexibility index (Phi) is 6.56. The zero-order valence-electron chi connectivity index (χ0n) is 14.0. The van der Waals surface area contributed by atoms with E-state index in [2.05, 4.69) is 48.3 Å². The Balaban J connectivity index is 1.84. The summed E-state index contributed by atoms with van der Waals surface area (Å²) in [5, 5.41) is 3.25. The molecule has 1 N–H and O–H groups in total. The third-order valence-electron chi connectivity index (χ3n) is 4.40. The van der Waals surface area contributed by atoms with Gasteiger partial charge in [0.15, 0.2) is 0 Å². The van der Waals surface area contributed by atoms with Crippen LogP contribution in [0.4, 0.5) is 11.4 Å². The number of nitrogens with zero attached hydrogens (tertiary/aromatic N) is 2. The number of hydrogen-bond donors (Lipinski definition) is 1. The van der Waals surface area contributed by atoms with Gasteiger partial charge in [0.05, 0.1) is 6.54 Å². The monoisotopic (exact) mass is 303 g/mol. The molecule has 122 valence electrons. The fraction of sp³-hybridized carbons (Fsp3) is 0.611. The third kappa shape index (κ3) is 4.65. The maximum absolute atomic E-state index is 12.2. The lowest BCUT2D eigenvalue weighted by atomic mass is 10.2. The molecule has 0 aliphatic carbocycles. The molecule has 0 atom stereocenters. The lowest BCUT2D eigenvalue weighted by Gasteiger charge is -2.22. The number of benzene rings is 1. The molecule has 1 fully saturated rings. The topological polar surface area (TPSA) is 35.6 Å². The van der Waals surface area contributed by atoms with Gasteiger partial charge in [-0.25, -0.2) is 0 Å². The first-order valence-corrected chi connectivity index (χ1v) is 8.61. The molecule has 1 amide bonds. The number of amides is 1. The molecule has 0 unspecified atom stereocenters. The maximum atomic E-state index is 12.2. The largest absolute Gasteiger partial charge is 0.376 e. The van der Waals surface area contributed by atoms with Gasteiger partial charge in [0.25, 0.3) is 0 Å². The van der Waals surface area contributed by atoms with Crippen molar-refractivity contribution in [3.05, 3.63) is 24.3 Å². The van der Waals surface area contributed by atoms with Crippen molar-refractivity contribution in [3.63, 3.8) is 0 Å². The highest BCUT2D eigenvalue weighted by molar-refractivity contribution is 5.81. The van der Waals surface area contributed by atoms with Crippen LogP contribution in [0.3, 0.4) is 0 Å². The van der Waals surface area contributed by atoms with Crippen LogP contribution in [0.15, 0.2) is 24.3 Å². The fourth-order valence-corrected chi connectivity index (χ4v) is 2.99. The molecule has 22 heavy (non-hydrogen) atoms. The second-order valence-electron chi connectivity index (χ2n) is 5.87. The van der Waals surface area contributed by atoms with Crippen LogP contribution in [-0.2, 0) is 4.79 Å². The van der Waals surface area contributed by atoms with Gasteiger partial charge in [-0.2, -0.15) is 0 Å². The van der Waals surface area contributed by atoms with Crippen LogP contribution in [0.25, 0.3) is 0 Å². The van der Waals surface area contributed by atoms with Crippen molar-refractivity contribution in [2.45, 2.75) is 39.5 Å². The highest BCUT2D eigenvalue weighted by Crippen LogP contribution is 2.17. The summed E-state index contributed by atoms with van der Waals surface area (Å²) < 4.78 is 0. The molecule has 2 rings (SSSR count). The van der Waals surface area contributed by atoms with Gasteiger partial charge in [0, 0.05) is 37.6 Å². The van der Waals surface area contributed by atoms with Crippen molar-refractivity contribution in [2.24, 2.45) is 0 Å². The van der Waals surface area contributed by atoms with Crippen molar-refractivity contribution in [3.8, 4) is 0 Å². The van der Waals surface area contributed by atoms with Crippen molar-refractivity contribution < 1.29 is 4.79 Å². The first-order valence-electron chi connectivity index (χ1n) is 8.61. The highest BCUT2D eigenvalue weighted by atomic mass is 16.2. The predicted molar refractivity (Wildman–Crippen MR) is 93.5 cm³/mol. The molecule has 4 nitrogen and oxygen atoms in total. The number of rotatable bonds is 6. The number of carbonyl (C=O) groups excluding carboxylic acids is 1. The van der Waals surface area contributed by atoms with E-state index < -0.39 is 0 Å². The molecule has 1 aliphatic rings. The molecular formula is C18H29N3O. The molecule has 1 heterocycles. The molecule has 1 saturated heterocycles. The van der Waals surface area contributed by atoms with Crippen LogP contribution < -0.4 is 10.2 Å². The van der Waals surface area contributed by atoms with Crippen LogP contribution in [0, 0.1) is 0 Å². The number of likely N-dealkylation sites (tertiary alicyclic amines) is 1. The summed E-state index contributed by atoms with van der Waals surface area (Å²) in [7, 11) is 0. The van der Waals surface area contributed by atoms with E-state index in [1.165, 1.54) is 18.5 Å². The molecule has 0 spiro atoms. The van der Waals surface area contributed by atoms with E-state index in [4.69, 9.17) is 0 Å². The molecule has 1 aromatic rings. The lowest BCUT2D eigenvalue weighted by Crippen LogP contribution is -2.36. The SMILES string of the molecule is CCN(CC)c1ccc(NCC(=O)N2CCCCCC2)cc1. The van der Waals surface area contributed by atoms with Crippen LogP contribution in [0.2, 0.25) is 0 Å². The van der Waals surface area contributed by atoms with Gasteiger partial charge >= 0.3 is 0 Å². The minimum absolute atomic E-state index is 0.217. The maximum Gasteiger partial charge on any atom is 0.241 e. The number of nitrogens with one attached hydrogen (secondary N) is 1. The van der Waals surface area contributed by atoms with E-state index in [9.17, 15) is 4.79 Å². The summed E-state index contributed by atoms with van der Waals surface area (Å²) in [4.78, 5) is 16.6. The zero-order valence-corrected chi connectivity index (χ0v) is 14.0. The molecule has 0 bridgehead atoms. The molecule has 0 radical (unpaired) electrons. The quantitative estimate of drug-likeness (QED) is 0.875. The van der Waals surface area contributed by atoms with Gasteiger partial charge < -0.3 is 15.1 Å². The Labute approximate surface area is 134 Å². The third-order valence-corrected chi connectivity index (χ3v) is 4.40. The zero-order chi connectivity index (χ0) is 15.8. The van der Waals surface area contributed by atoms with E-state index >= 15 is 0 Å². The summed E-state index contributed by atoms with van der Waals surface area (Å²) in [6, 6.07) is 8.35. The van der Waals surface area contributed by atoms with Crippen molar-refractivity contribution in [1.82, 2.24) is 4.90 Å². The van der Waals surface area contributed by atoms with Crippen molar-refractivity contribution in [2.75, 3.05) is 42.9 Å². The van der Waals surface area contributed by atoms with Gasteiger partial charge in [0.2, 0.25) is 5.91 Å². The summed E-state index contributed by atoms with van der Waals surface area (Å²) in [5.41, 5.74) is 2.24. The van der Waals surface area contributed by atoms with E-state index in [1.807, 2.05) is 4.90 Å². The van der Waals surface area contributed by atoms with Gasteiger partial charge in [-0.3, -0.25) is 4.79 Å². The van der Waals surface area contributed by atoms with Gasteiger partial charge in [-0.1, -0.05) is 12.8 Å². The molecule has 4 heteroatoms. The van der Waals surface area contributed by atoms with E-state index in [0.717, 1.165) is 44.7 Å². The molecular weight excluding hydrogens is 274 g/mol. The van der Waals surface area contributed by atoms with Crippen LogP contribution in [0.1, 0.15) is 39.5 Å². The summed E-state index contributed by atoms with van der Waals surface area (Å²) >= 11 is 0. The molecule has 1 aromatic carbocycles. The lowest BCUT2D eigenvalue weighted by molar-refractivity contribution is -0.129. The smallest absolute Gasteiger partial charge is 0.241 e. The summed E-state index contributed by atoms with van der Waals surface area (Å²) in [6.45, 7) is 8.58. The number of anilines is 2. The standard InChI is InChI=1S/C18H29N3O/c1-3-20(4-2)17-11-9-16(10-12-17)19-15-18(22)21-13-7-5-6-8-14-21/h9-12,19H,3-8,13-15H2,1-2H3. The normalized spacial score (nSPS) is 15.3. The summed E-state index contributed by atoms with van der Waals surface area (Å²) in [6.07, 6.45) is 4.79. The van der Waals surface area contributed by atoms with E-state index in [0.29, 0.717) is 6.54 Å². The molecule has 0 aromatic heterocycles. The fourth-order valence-electron chi connectivity index (χ4n) is 2.99. The Morgan fingerprint density at radius 2 is 1.64 bits per heavy atom. The molecule has 1 aliphatic heterocycles. The summed E-state index contributed by atoms with van der Waals surface area (Å²) in [5.74, 6) is 0.217. The van der Waals surface area contributed by atoms with Crippen LogP contribution in [-0.4, -0.2) is 43.5 Å². The highest BCUT2D eigenvalue weighted by Gasteiger charge is 2.14. The van der Waals surface area contributed by atoms with Crippen LogP contribution >= 0.6 is 0 Å². The Bertz CT molecular complexity index is 446. The first kappa shape index (κ1) is 16.7. The minimum atomic E-state index is 0.217.